The van der Waals surface area contributed by atoms with Gasteiger partial charge in [0.25, 0.3) is 0 Å². The van der Waals surface area contributed by atoms with Crippen molar-refractivity contribution in [1.82, 2.24) is 9.78 Å². The monoisotopic (exact) mass is 244 g/mol. The van der Waals surface area contributed by atoms with Crippen molar-refractivity contribution in [2.75, 3.05) is 0 Å². The summed E-state index contributed by atoms with van der Waals surface area (Å²) >= 11 is 0. The molecule has 18 heavy (non-hydrogen) atoms. The lowest BCUT2D eigenvalue weighted by Crippen LogP contribution is -2.23. The number of carboxylic acid groups (broad SMARTS) is 1. The summed E-state index contributed by atoms with van der Waals surface area (Å²) in [6.07, 6.45) is 1.53. The van der Waals surface area contributed by atoms with Gasteiger partial charge in [-0.1, -0.05) is 17.7 Å². The molecule has 1 aromatic heterocycles. The van der Waals surface area contributed by atoms with E-state index in [0.29, 0.717) is 11.3 Å². The van der Waals surface area contributed by atoms with Gasteiger partial charge in [-0.05, 0) is 26.0 Å². The van der Waals surface area contributed by atoms with Crippen molar-refractivity contribution in [2.24, 2.45) is 0 Å². The van der Waals surface area contributed by atoms with E-state index in [1.807, 2.05) is 31.2 Å². The Morgan fingerprint density at radius 1 is 1.22 bits per heavy atom. The highest BCUT2D eigenvalue weighted by Crippen LogP contribution is 2.08. The zero-order valence-electron chi connectivity index (χ0n) is 10.0. The van der Waals surface area contributed by atoms with Crippen molar-refractivity contribution >= 4 is 5.97 Å². The second kappa shape index (κ2) is 4.44. The summed E-state index contributed by atoms with van der Waals surface area (Å²) in [6, 6.07) is 7.42. The van der Waals surface area contributed by atoms with E-state index in [-0.39, 0.29) is 0 Å². The number of hydrogen-bond acceptors (Lipinski definition) is 3. The van der Waals surface area contributed by atoms with Gasteiger partial charge >= 0.3 is 5.97 Å². The van der Waals surface area contributed by atoms with E-state index in [1.54, 1.807) is 6.92 Å². The Hall–Kier alpha value is -2.43. The molecule has 5 heteroatoms. The fraction of sp³-hybridized carbons (Fsp3) is 0.154. The van der Waals surface area contributed by atoms with Crippen LogP contribution in [0.1, 0.15) is 21.6 Å². The smallest absolute Gasteiger partial charge is 0.360 e. The average molecular weight is 244 g/mol. The van der Waals surface area contributed by atoms with Crippen LogP contribution in [0, 0.1) is 13.8 Å². The van der Waals surface area contributed by atoms with Crippen LogP contribution in [0.2, 0.25) is 0 Å². The number of hydrogen-bond donors (Lipinski definition) is 1. The van der Waals surface area contributed by atoms with Gasteiger partial charge in [0.2, 0.25) is 11.1 Å². The summed E-state index contributed by atoms with van der Waals surface area (Å²) in [5.41, 5.74) is 1.14. The Morgan fingerprint density at radius 3 is 2.39 bits per heavy atom. The van der Waals surface area contributed by atoms with Gasteiger partial charge in [0.05, 0.1) is 5.69 Å². The van der Waals surface area contributed by atoms with Gasteiger partial charge in [-0.2, -0.15) is 5.10 Å². The number of aryl methyl sites for hydroxylation is 2. The number of benzene rings is 1. The molecule has 0 saturated carbocycles. The van der Waals surface area contributed by atoms with Crippen LogP contribution in [-0.4, -0.2) is 20.9 Å². The minimum atomic E-state index is -1.32. The van der Waals surface area contributed by atoms with Crippen LogP contribution in [0.4, 0.5) is 0 Å². The van der Waals surface area contributed by atoms with Crippen LogP contribution in [0.25, 0.3) is 5.69 Å². The maximum Gasteiger partial charge on any atom is 0.360 e. The number of carbonyl (C=O) groups is 1. The predicted octanol–water partition coefficient (Wildman–Crippen LogP) is 1.55. The first-order chi connectivity index (χ1) is 8.49. The molecule has 1 heterocycles. The Labute approximate surface area is 103 Å². The molecule has 0 aliphatic rings. The number of nitrogens with zero attached hydrogens (tertiary/aromatic N) is 2. The summed E-state index contributed by atoms with van der Waals surface area (Å²) in [5, 5.41) is 12.8. The van der Waals surface area contributed by atoms with Crippen LogP contribution in [0.15, 0.2) is 35.3 Å². The number of aromatic nitrogens is 2. The van der Waals surface area contributed by atoms with Crippen LogP contribution in [0.3, 0.4) is 0 Å². The zero-order chi connectivity index (χ0) is 13.3. The van der Waals surface area contributed by atoms with Gasteiger partial charge in [-0.25, -0.2) is 9.48 Å². The predicted molar refractivity (Wildman–Crippen MR) is 66.3 cm³/mol. The molecule has 5 nitrogen and oxygen atoms in total. The highest BCUT2D eigenvalue weighted by atomic mass is 16.4. The van der Waals surface area contributed by atoms with Crippen molar-refractivity contribution < 1.29 is 9.90 Å². The lowest BCUT2D eigenvalue weighted by molar-refractivity contribution is 0.0686. The van der Waals surface area contributed by atoms with Crippen molar-refractivity contribution in [3.63, 3.8) is 0 Å². The molecule has 2 aromatic rings. The Balaban J connectivity index is 2.62. The normalized spacial score (nSPS) is 10.3. The van der Waals surface area contributed by atoms with Gasteiger partial charge < -0.3 is 5.11 Å². The first-order valence-corrected chi connectivity index (χ1v) is 5.40. The summed E-state index contributed by atoms with van der Waals surface area (Å²) in [6.45, 7) is 3.53. The van der Waals surface area contributed by atoms with E-state index in [0.717, 1.165) is 5.56 Å². The standard InChI is InChI=1S/C13H12N2O3/c1-8-3-5-10(6-4-8)15-7-9(2)12(16)11(14-15)13(17)18/h3-7H,1-2H3,(H,17,18). The number of carboxylic acids is 1. The maximum atomic E-state index is 11.6. The first-order valence-electron chi connectivity index (χ1n) is 5.40. The summed E-state index contributed by atoms with van der Waals surface area (Å²) in [4.78, 5) is 22.5. The summed E-state index contributed by atoms with van der Waals surface area (Å²) in [5.74, 6) is -1.32. The fourth-order valence-electron chi connectivity index (χ4n) is 1.58. The van der Waals surface area contributed by atoms with Crippen molar-refractivity contribution in [3.05, 3.63) is 57.5 Å². The molecule has 0 saturated heterocycles. The van der Waals surface area contributed by atoms with Crippen LogP contribution < -0.4 is 5.43 Å². The minimum Gasteiger partial charge on any atom is -0.476 e. The fourth-order valence-corrected chi connectivity index (χ4v) is 1.58. The van der Waals surface area contributed by atoms with Crippen molar-refractivity contribution in [2.45, 2.75) is 13.8 Å². The third-order valence-electron chi connectivity index (χ3n) is 2.60. The molecule has 0 aliphatic carbocycles. The summed E-state index contributed by atoms with van der Waals surface area (Å²) in [7, 11) is 0. The molecule has 0 spiro atoms. The Morgan fingerprint density at radius 2 is 1.83 bits per heavy atom. The lowest BCUT2D eigenvalue weighted by Gasteiger charge is -2.07. The van der Waals surface area contributed by atoms with E-state index in [1.165, 1.54) is 10.9 Å². The second-order valence-electron chi connectivity index (χ2n) is 4.08. The third kappa shape index (κ3) is 2.15. The molecule has 0 radical (unpaired) electrons. The van der Waals surface area contributed by atoms with E-state index in [2.05, 4.69) is 5.10 Å². The molecule has 0 bridgehead atoms. The van der Waals surface area contributed by atoms with E-state index in [4.69, 9.17) is 5.11 Å². The van der Waals surface area contributed by atoms with Crippen molar-refractivity contribution in [1.29, 1.82) is 0 Å². The van der Waals surface area contributed by atoms with Crippen molar-refractivity contribution in [3.8, 4) is 5.69 Å². The maximum absolute atomic E-state index is 11.6. The second-order valence-corrected chi connectivity index (χ2v) is 4.08. The first kappa shape index (κ1) is 12.0. The largest absolute Gasteiger partial charge is 0.476 e. The van der Waals surface area contributed by atoms with Gasteiger partial charge in [0.1, 0.15) is 0 Å². The SMILES string of the molecule is Cc1ccc(-n2cc(C)c(=O)c(C(=O)O)n2)cc1. The molecule has 1 N–H and O–H groups in total. The summed E-state index contributed by atoms with van der Waals surface area (Å²) < 4.78 is 1.40. The third-order valence-corrected chi connectivity index (χ3v) is 2.60. The average Bonchev–Trinajstić information content (AvgIpc) is 2.33. The molecule has 0 unspecified atom stereocenters. The molecular formula is C13H12N2O3. The number of aromatic carboxylic acids is 1. The van der Waals surface area contributed by atoms with Gasteiger partial charge in [-0.15, -0.1) is 0 Å². The Kier molecular flexibility index (Phi) is 2.97. The van der Waals surface area contributed by atoms with Gasteiger partial charge in [-0.3, -0.25) is 4.79 Å². The molecule has 1 aromatic carbocycles. The number of rotatable bonds is 2. The molecule has 0 fully saturated rings. The quantitative estimate of drug-likeness (QED) is 0.869. The molecule has 0 atom stereocenters. The van der Waals surface area contributed by atoms with Crippen LogP contribution in [-0.2, 0) is 0 Å². The lowest BCUT2D eigenvalue weighted by atomic mass is 10.2. The topological polar surface area (TPSA) is 72.2 Å². The Bertz CT molecular complexity index is 657. The molecule has 0 amide bonds. The van der Waals surface area contributed by atoms with Gasteiger partial charge in [0.15, 0.2) is 0 Å². The highest BCUT2D eigenvalue weighted by molar-refractivity contribution is 5.85. The van der Waals surface area contributed by atoms with E-state index >= 15 is 0 Å². The van der Waals surface area contributed by atoms with Crippen LogP contribution in [0.5, 0.6) is 0 Å². The molecule has 2 rings (SSSR count). The zero-order valence-corrected chi connectivity index (χ0v) is 10.0. The molecule has 92 valence electrons. The molecule has 0 aliphatic heterocycles. The van der Waals surface area contributed by atoms with Gasteiger partial charge in [0, 0.05) is 11.8 Å². The van der Waals surface area contributed by atoms with E-state index in [9.17, 15) is 9.59 Å². The molecular weight excluding hydrogens is 232 g/mol. The van der Waals surface area contributed by atoms with Crippen LogP contribution >= 0.6 is 0 Å². The van der Waals surface area contributed by atoms with E-state index < -0.39 is 17.1 Å². The highest BCUT2D eigenvalue weighted by Gasteiger charge is 2.14. The minimum absolute atomic E-state index is 0.350.